The average Bonchev–Trinajstić information content (AvgIpc) is 1.88. The van der Waals surface area contributed by atoms with Crippen molar-refractivity contribution in [2.24, 2.45) is 5.73 Å². The molecule has 0 bridgehead atoms. The predicted octanol–water partition coefficient (Wildman–Crippen LogP) is -1.15. The third-order valence-electron chi connectivity index (χ3n) is 1.48. The van der Waals surface area contributed by atoms with Crippen LogP contribution in [-0.4, -0.2) is 31.2 Å². The lowest BCUT2D eigenvalue weighted by atomic mass is 10.2. The molecule has 0 unspecified atom stereocenters. The van der Waals surface area contributed by atoms with E-state index < -0.39 is 0 Å². The number of hydrogen-bond donors (Lipinski definition) is 2. The van der Waals surface area contributed by atoms with Crippen molar-refractivity contribution in [1.29, 1.82) is 0 Å². The number of nitrogens with one attached hydrogen (secondary N) is 1. The van der Waals surface area contributed by atoms with Crippen molar-refractivity contribution in [2.45, 2.75) is 19.0 Å². The van der Waals surface area contributed by atoms with E-state index in [1.165, 1.54) is 0 Å². The van der Waals surface area contributed by atoms with Gasteiger partial charge < -0.3 is 10.5 Å². The molecule has 10 heavy (non-hydrogen) atoms. The van der Waals surface area contributed by atoms with Gasteiger partial charge in [-0.05, 0) is 6.92 Å². The van der Waals surface area contributed by atoms with Gasteiger partial charge in [-0.3, -0.25) is 10.1 Å². The predicted molar refractivity (Wildman–Crippen MR) is 36.4 cm³/mol. The molecule has 58 valence electrons. The maximum absolute atomic E-state index is 10.6. The van der Waals surface area contributed by atoms with Crippen molar-refractivity contribution in [1.82, 2.24) is 5.32 Å². The minimum absolute atomic E-state index is 0.228. The van der Waals surface area contributed by atoms with Gasteiger partial charge in [0.25, 0.3) is 0 Å². The van der Waals surface area contributed by atoms with Crippen molar-refractivity contribution in [3.8, 4) is 0 Å². The van der Waals surface area contributed by atoms with E-state index in [9.17, 15) is 4.79 Å². The Morgan fingerprint density at radius 1 is 1.70 bits per heavy atom. The topological polar surface area (TPSA) is 64.3 Å². The highest BCUT2D eigenvalue weighted by Crippen LogP contribution is 1.97. The van der Waals surface area contributed by atoms with Gasteiger partial charge in [0.1, 0.15) is 6.04 Å². The van der Waals surface area contributed by atoms with Gasteiger partial charge >= 0.3 is 0 Å². The van der Waals surface area contributed by atoms with E-state index in [2.05, 4.69) is 5.32 Å². The molecule has 1 saturated heterocycles. The molecule has 0 spiro atoms. The Morgan fingerprint density at radius 2 is 2.40 bits per heavy atom. The van der Waals surface area contributed by atoms with E-state index in [4.69, 9.17) is 10.5 Å². The summed E-state index contributed by atoms with van der Waals surface area (Å²) >= 11 is 0. The second kappa shape index (κ2) is 2.98. The second-order valence-corrected chi connectivity index (χ2v) is 2.56. The van der Waals surface area contributed by atoms with Gasteiger partial charge in [0.2, 0.25) is 5.91 Å². The van der Waals surface area contributed by atoms with Crippen LogP contribution in [0.2, 0.25) is 0 Å². The zero-order valence-electron chi connectivity index (χ0n) is 5.96. The third kappa shape index (κ3) is 1.68. The van der Waals surface area contributed by atoms with Crippen LogP contribution in [0.3, 0.4) is 0 Å². The first-order valence-corrected chi connectivity index (χ1v) is 3.33. The molecule has 0 aromatic carbocycles. The Balaban J connectivity index is 2.39. The fraction of sp³-hybridized carbons (Fsp3) is 0.833. The summed E-state index contributed by atoms with van der Waals surface area (Å²) in [6, 6.07) is -0.0741. The maximum Gasteiger partial charge on any atom is 0.236 e. The second-order valence-electron chi connectivity index (χ2n) is 2.56. The van der Waals surface area contributed by atoms with Gasteiger partial charge in [-0.1, -0.05) is 0 Å². The molecule has 0 aliphatic carbocycles. The van der Waals surface area contributed by atoms with Crippen LogP contribution in [0, 0.1) is 0 Å². The van der Waals surface area contributed by atoms with E-state index in [-0.39, 0.29) is 18.0 Å². The fourth-order valence-corrected chi connectivity index (χ4v) is 0.967. The molecule has 1 fully saturated rings. The molecule has 1 aliphatic heterocycles. The van der Waals surface area contributed by atoms with Crippen LogP contribution in [0.4, 0.5) is 0 Å². The quantitative estimate of drug-likeness (QED) is 0.488. The van der Waals surface area contributed by atoms with Crippen LogP contribution < -0.4 is 11.1 Å². The SMILES string of the molecule is C[C@@H]1COC[C@H](C(N)=O)N1. The fourth-order valence-electron chi connectivity index (χ4n) is 0.967. The number of morpholine rings is 1. The van der Waals surface area contributed by atoms with Gasteiger partial charge in [-0.25, -0.2) is 0 Å². The van der Waals surface area contributed by atoms with Gasteiger partial charge in [0.15, 0.2) is 0 Å². The molecule has 4 nitrogen and oxygen atoms in total. The molecular formula is C6H12N2O2. The Hall–Kier alpha value is -0.610. The summed E-state index contributed by atoms with van der Waals surface area (Å²) in [4.78, 5) is 10.6. The number of carbonyl (C=O) groups excluding carboxylic acids is 1. The summed E-state index contributed by atoms with van der Waals surface area (Å²) < 4.78 is 5.09. The number of primary amides is 1. The number of ether oxygens (including phenoxy) is 1. The zero-order valence-corrected chi connectivity index (χ0v) is 5.96. The van der Waals surface area contributed by atoms with E-state index in [0.717, 1.165) is 0 Å². The molecule has 1 heterocycles. The Morgan fingerprint density at radius 3 is 2.80 bits per heavy atom. The molecule has 4 heteroatoms. The summed E-state index contributed by atoms with van der Waals surface area (Å²) in [5.74, 6) is -0.341. The highest BCUT2D eigenvalue weighted by molar-refractivity contribution is 5.80. The number of hydrogen-bond acceptors (Lipinski definition) is 3. The number of carbonyl (C=O) groups is 1. The van der Waals surface area contributed by atoms with Crippen LogP contribution >= 0.6 is 0 Å². The number of rotatable bonds is 1. The average molecular weight is 144 g/mol. The first kappa shape index (κ1) is 7.50. The van der Waals surface area contributed by atoms with E-state index in [1.807, 2.05) is 6.92 Å². The van der Waals surface area contributed by atoms with Crippen LogP contribution in [0.5, 0.6) is 0 Å². The van der Waals surface area contributed by atoms with Crippen LogP contribution in [0.1, 0.15) is 6.92 Å². The zero-order chi connectivity index (χ0) is 7.56. The van der Waals surface area contributed by atoms with E-state index in [1.54, 1.807) is 0 Å². The van der Waals surface area contributed by atoms with Crippen molar-refractivity contribution in [3.05, 3.63) is 0 Å². The molecule has 0 saturated carbocycles. The molecule has 0 aromatic heterocycles. The molecule has 2 atom stereocenters. The third-order valence-corrected chi connectivity index (χ3v) is 1.48. The van der Waals surface area contributed by atoms with Gasteiger partial charge in [-0.15, -0.1) is 0 Å². The van der Waals surface area contributed by atoms with Crippen LogP contribution in [0.25, 0.3) is 0 Å². The number of nitrogens with two attached hydrogens (primary N) is 1. The highest BCUT2D eigenvalue weighted by atomic mass is 16.5. The van der Waals surface area contributed by atoms with Gasteiger partial charge in [-0.2, -0.15) is 0 Å². The first-order chi connectivity index (χ1) is 4.70. The lowest BCUT2D eigenvalue weighted by Crippen LogP contribution is -2.53. The first-order valence-electron chi connectivity index (χ1n) is 3.33. The molecule has 1 amide bonds. The molecule has 0 aromatic rings. The Labute approximate surface area is 59.7 Å². The summed E-state index contributed by atoms with van der Waals surface area (Å²) in [5, 5.41) is 3.02. The molecule has 1 aliphatic rings. The summed E-state index contributed by atoms with van der Waals surface area (Å²) in [6.07, 6.45) is 0. The number of amides is 1. The van der Waals surface area contributed by atoms with E-state index >= 15 is 0 Å². The summed E-state index contributed by atoms with van der Waals surface area (Å²) in [7, 11) is 0. The lowest BCUT2D eigenvalue weighted by molar-refractivity contribution is -0.123. The van der Waals surface area contributed by atoms with Crippen LogP contribution in [-0.2, 0) is 9.53 Å². The Kier molecular flexibility index (Phi) is 2.24. The van der Waals surface area contributed by atoms with Crippen LogP contribution in [0.15, 0.2) is 0 Å². The molecule has 0 radical (unpaired) electrons. The summed E-state index contributed by atoms with van der Waals surface area (Å²) in [5.41, 5.74) is 5.05. The minimum atomic E-state index is -0.341. The molecule has 1 rings (SSSR count). The van der Waals surface area contributed by atoms with Crippen molar-refractivity contribution < 1.29 is 9.53 Å². The van der Waals surface area contributed by atoms with E-state index in [0.29, 0.717) is 13.2 Å². The highest BCUT2D eigenvalue weighted by Gasteiger charge is 2.21. The largest absolute Gasteiger partial charge is 0.378 e. The monoisotopic (exact) mass is 144 g/mol. The molecular weight excluding hydrogens is 132 g/mol. The van der Waals surface area contributed by atoms with Crippen molar-refractivity contribution in [2.75, 3.05) is 13.2 Å². The normalized spacial score (nSPS) is 33.7. The van der Waals surface area contributed by atoms with Gasteiger partial charge in [0, 0.05) is 6.04 Å². The lowest BCUT2D eigenvalue weighted by Gasteiger charge is -2.26. The summed E-state index contributed by atoms with van der Waals surface area (Å²) in [6.45, 7) is 3.01. The van der Waals surface area contributed by atoms with Crippen molar-refractivity contribution >= 4 is 5.91 Å². The molecule has 3 N–H and O–H groups in total. The maximum atomic E-state index is 10.6. The minimum Gasteiger partial charge on any atom is -0.378 e. The standard InChI is InChI=1S/C6H12N2O2/c1-4-2-10-3-5(8-4)6(7)9/h4-5,8H,2-3H2,1H3,(H2,7,9)/t4-,5-/m1/s1. The van der Waals surface area contributed by atoms with Crippen molar-refractivity contribution in [3.63, 3.8) is 0 Å². The smallest absolute Gasteiger partial charge is 0.236 e. The van der Waals surface area contributed by atoms with Gasteiger partial charge in [0.05, 0.1) is 13.2 Å². The Bertz CT molecular complexity index is 138.